The summed E-state index contributed by atoms with van der Waals surface area (Å²) in [5.41, 5.74) is 0. The van der Waals surface area contributed by atoms with Gasteiger partial charge in [0, 0.05) is 16.7 Å². The normalized spacial score (nSPS) is 10.8. The van der Waals surface area contributed by atoms with Gasteiger partial charge in [0.15, 0.2) is 11.0 Å². The van der Waals surface area contributed by atoms with Crippen LogP contribution in [-0.4, -0.2) is 20.9 Å². The van der Waals surface area contributed by atoms with Gasteiger partial charge in [-0.05, 0) is 0 Å². The molecule has 13 heavy (non-hydrogen) atoms. The molecular weight excluding hydrogens is 206 g/mol. The smallest absolute Gasteiger partial charge is 0.184 e. The highest BCUT2D eigenvalue weighted by atomic mass is 35.5. The molecule has 0 aliphatic rings. The second-order valence-electron chi connectivity index (χ2n) is 2.96. The van der Waals surface area contributed by atoms with Crippen LogP contribution in [0.3, 0.4) is 0 Å². The molecule has 0 bridgehead atoms. The monoisotopic (exact) mass is 217 g/mol. The summed E-state index contributed by atoms with van der Waals surface area (Å²) in [6.07, 6.45) is 0. The lowest BCUT2D eigenvalue weighted by Crippen LogP contribution is -1.89. The number of halogens is 1. The lowest BCUT2D eigenvalue weighted by Gasteiger charge is -1.94. The zero-order valence-electron chi connectivity index (χ0n) is 7.67. The number of rotatable bonds is 4. The number of nitrogens with one attached hydrogen (secondary N) is 1. The summed E-state index contributed by atoms with van der Waals surface area (Å²) in [6.45, 7) is 7.70. The first-order valence-electron chi connectivity index (χ1n) is 3.98. The molecule has 72 valence electrons. The van der Waals surface area contributed by atoms with Crippen LogP contribution in [0.1, 0.15) is 25.6 Å². The minimum absolute atomic E-state index is 0.352. The Morgan fingerprint density at radius 2 is 2.38 bits per heavy atom. The van der Waals surface area contributed by atoms with Crippen LogP contribution in [0.25, 0.3) is 0 Å². The van der Waals surface area contributed by atoms with Crippen molar-refractivity contribution in [3.63, 3.8) is 0 Å². The number of nitrogens with zero attached hydrogens (tertiary/aromatic N) is 2. The van der Waals surface area contributed by atoms with E-state index >= 15 is 0 Å². The summed E-state index contributed by atoms with van der Waals surface area (Å²) in [6, 6.07) is 0. The summed E-state index contributed by atoms with van der Waals surface area (Å²) in [5, 5.41) is 8.32. The molecule has 0 aliphatic carbocycles. The molecule has 0 aromatic carbocycles. The molecule has 1 heterocycles. The van der Waals surface area contributed by atoms with Gasteiger partial charge in [0.1, 0.15) is 0 Å². The second-order valence-corrected chi connectivity index (χ2v) is 4.46. The zero-order chi connectivity index (χ0) is 9.84. The SMILES string of the molecule is C=C(Cl)CSc1nc(C(C)C)n[nH]1. The quantitative estimate of drug-likeness (QED) is 0.789. The minimum Gasteiger partial charge on any atom is -0.254 e. The first kappa shape index (κ1) is 10.6. The van der Waals surface area contributed by atoms with Crippen molar-refractivity contribution in [1.29, 1.82) is 0 Å². The van der Waals surface area contributed by atoms with E-state index < -0.39 is 0 Å². The second kappa shape index (κ2) is 4.67. The Kier molecular flexibility index (Phi) is 3.81. The van der Waals surface area contributed by atoms with Crippen molar-refractivity contribution in [2.45, 2.75) is 24.9 Å². The Morgan fingerprint density at radius 3 is 2.85 bits per heavy atom. The molecule has 0 aliphatic heterocycles. The van der Waals surface area contributed by atoms with Crippen LogP contribution in [0.15, 0.2) is 16.8 Å². The van der Waals surface area contributed by atoms with Gasteiger partial charge in [-0.1, -0.05) is 43.8 Å². The van der Waals surface area contributed by atoms with Gasteiger partial charge in [0.05, 0.1) is 0 Å². The highest BCUT2D eigenvalue weighted by Crippen LogP contribution is 2.18. The van der Waals surface area contributed by atoms with Crippen LogP contribution in [0.4, 0.5) is 0 Å². The first-order valence-corrected chi connectivity index (χ1v) is 5.34. The van der Waals surface area contributed by atoms with E-state index in [4.69, 9.17) is 11.6 Å². The highest BCUT2D eigenvalue weighted by Gasteiger charge is 2.06. The largest absolute Gasteiger partial charge is 0.254 e. The lowest BCUT2D eigenvalue weighted by molar-refractivity contribution is 0.780. The number of hydrogen-bond acceptors (Lipinski definition) is 3. The van der Waals surface area contributed by atoms with Crippen LogP contribution in [-0.2, 0) is 0 Å². The lowest BCUT2D eigenvalue weighted by atomic mass is 10.2. The third-order valence-electron chi connectivity index (χ3n) is 1.36. The van der Waals surface area contributed by atoms with E-state index in [1.165, 1.54) is 11.8 Å². The molecule has 1 aromatic rings. The number of aromatic amines is 1. The van der Waals surface area contributed by atoms with Crippen molar-refractivity contribution in [1.82, 2.24) is 15.2 Å². The van der Waals surface area contributed by atoms with Crippen LogP contribution >= 0.6 is 23.4 Å². The maximum absolute atomic E-state index is 5.62. The third kappa shape index (κ3) is 3.40. The Hall–Kier alpha value is -0.480. The fourth-order valence-electron chi connectivity index (χ4n) is 0.729. The van der Waals surface area contributed by atoms with Gasteiger partial charge >= 0.3 is 0 Å². The van der Waals surface area contributed by atoms with E-state index in [1.54, 1.807) is 0 Å². The van der Waals surface area contributed by atoms with E-state index in [2.05, 4.69) is 35.6 Å². The molecule has 0 spiro atoms. The molecule has 0 atom stereocenters. The Bertz CT molecular complexity index is 295. The highest BCUT2D eigenvalue weighted by molar-refractivity contribution is 7.99. The summed E-state index contributed by atoms with van der Waals surface area (Å²) < 4.78 is 0. The van der Waals surface area contributed by atoms with Gasteiger partial charge in [-0.25, -0.2) is 4.98 Å². The average Bonchev–Trinajstić information content (AvgIpc) is 2.48. The summed E-state index contributed by atoms with van der Waals surface area (Å²) >= 11 is 7.13. The predicted octanol–water partition coefficient (Wildman–Crippen LogP) is 2.77. The minimum atomic E-state index is 0.352. The van der Waals surface area contributed by atoms with E-state index in [9.17, 15) is 0 Å². The van der Waals surface area contributed by atoms with Crippen LogP contribution in [0.2, 0.25) is 0 Å². The average molecular weight is 218 g/mol. The standard InChI is InChI=1S/C8H12ClN3S/c1-5(2)7-10-8(12-11-7)13-4-6(3)9/h5H,3-4H2,1-2H3,(H,10,11,12). The third-order valence-corrected chi connectivity index (χ3v) is 2.61. The molecule has 0 saturated heterocycles. The van der Waals surface area contributed by atoms with Crippen LogP contribution in [0, 0.1) is 0 Å². The molecule has 1 N–H and O–H groups in total. The Morgan fingerprint density at radius 1 is 1.69 bits per heavy atom. The van der Waals surface area contributed by atoms with E-state index in [0.717, 1.165) is 11.0 Å². The van der Waals surface area contributed by atoms with Gasteiger partial charge < -0.3 is 0 Å². The maximum atomic E-state index is 5.62. The fraction of sp³-hybridized carbons (Fsp3) is 0.500. The number of hydrogen-bond donors (Lipinski definition) is 1. The van der Waals surface area contributed by atoms with Gasteiger partial charge in [-0.3, -0.25) is 5.10 Å². The number of H-pyrrole nitrogens is 1. The molecule has 5 heteroatoms. The van der Waals surface area contributed by atoms with E-state index in [-0.39, 0.29) is 0 Å². The van der Waals surface area contributed by atoms with Gasteiger partial charge in [-0.15, -0.1) is 0 Å². The summed E-state index contributed by atoms with van der Waals surface area (Å²) in [5.74, 6) is 1.85. The van der Waals surface area contributed by atoms with E-state index in [0.29, 0.717) is 16.7 Å². The van der Waals surface area contributed by atoms with Crippen molar-refractivity contribution in [3.8, 4) is 0 Å². The van der Waals surface area contributed by atoms with Crippen LogP contribution in [0.5, 0.6) is 0 Å². The number of thioether (sulfide) groups is 1. The molecule has 0 radical (unpaired) electrons. The summed E-state index contributed by atoms with van der Waals surface area (Å²) in [7, 11) is 0. The Balaban J connectivity index is 2.54. The molecule has 0 saturated carbocycles. The molecule has 1 rings (SSSR count). The van der Waals surface area contributed by atoms with Gasteiger partial charge in [-0.2, -0.15) is 5.10 Å². The number of aromatic nitrogens is 3. The maximum Gasteiger partial charge on any atom is 0.184 e. The summed E-state index contributed by atoms with van der Waals surface area (Å²) in [4.78, 5) is 4.28. The molecule has 0 amide bonds. The first-order chi connectivity index (χ1) is 6.09. The van der Waals surface area contributed by atoms with Crippen molar-refractivity contribution in [2.24, 2.45) is 0 Å². The molecule has 0 unspecified atom stereocenters. The topological polar surface area (TPSA) is 41.6 Å². The van der Waals surface area contributed by atoms with Gasteiger partial charge in [0.25, 0.3) is 0 Å². The zero-order valence-corrected chi connectivity index (χ0v) is 9.24. The fourth-order valence-corrected chi connectivity index (χ4v) is 1.45. The molecule has 0 fully saturated rings. The van der Waals surface area contributed by atoms with Crippen molar-refractivity contribution >= 4 is 23.4 Å². The van der Waals surface area contributed by atoms with Crippen LogP contribution < -0.4 is 0 Å². The molecule has 3 nitrogen and oxygen atoms in total. The Labute approximate surface area is 87.0 Å². The van der Waals surface area contributed by atoms with Crippen molar-refractivity contribution < 1.29 is 0 Å². The molecular formula is C8H12ClN3S. The molecule has 1 aromatic heterocycles. The predicted molar refractivity (Wildman–Crippen MR) is 56.2 cm³/mol. The van der Waals surface area contributed by atoms with Crippen molar-refractivity contribution in [2.75, 3.05) is 5.75 Å². The van der Waals surface area contributed by atoms with E-state index in [1.807, 2.05) is 0 Å². The van der Waals surface area contributed by atoms with Gasteiger partial charge in [0.2, 0.25) is 0 Å². The van der Waals surface area contributed by atoms with Crippen molar-refractivity contribution in [3.05, 3.63) is 17.4 Å².